The van der Waals surface area contributed by atoms with E-state index in [-0.39, 0.29) is 11.6 Å². The largest absolute Gasteiger partial charge is 0.459 e. The first-order valence-corrected chi connectivity index (χ1v) is 5.79. The van der Waals surface area contributed by atoms with Gasteiger partial charge in [0.05, 0.1) is 0 Å². The molecule has 0 spiro atoms. The van der Waals surface area contributed by atoms with Crippen molar-refractivity contribution in [1.29, 1.82) is 0 Å². The zero-order valence-corrected chi connectivity index (χ0v) is 8.95. The Kier molecular flexibility index (Phi) is 1.58. The molecule has 0 aromatic carbocycles. The topological polar surface area (TPSA) is 26.3 Å². The number of carbonyl (C=O) groups is 1. The Hall–Kier alpha value is -0.530. The molecule has 4 aliphatic rings. The van der Waals surface area contributed by atoms with Crippen molar-refractivity contribution in [2.75, 3.05) is 0 Å². The van der Waals surface area contributed by atoms with Crippen LogP contribution in [0.2, 0.25) is 0 Å². The van der Waals surface area contributed by atoms with Crippen molar-refractivity contribution in [1.82, 2.24) is 0 Å². The Labute approximate surface area is 85.0 Å². The molecule has 14 heavy (non-hydrogen) atoms. The summed E-state index contributed by atoms with van der Waals surface area (Å²) in [6, 6.07) is 0. The van der Waals surface area contributed by atoms with Crippen LogP contribution in [0.4, 0.5) is 0 Å². The molecule has 5 unspecified atom stereocenters. The van der Waals surface area contributed by atoms with E-state index in [0.717, 1.165) is 11.8 Å². The molecule has 0 amide bonds. The highest BCUT2D eigenvalue weighted by molar-refractivity contribution is 5.66. The average molecular weight is 194 g/mol. The summed E-state index contributed by atoms with van der Waals surface area (Å²) in [5.74, 6) is 3.06. The molecule has 5 atom stereocenters. The van der Waals surface area contributed by atoms with Gasteiger partial charge in [-0.2, -0.15) is 0 Å². The lowest BCUT2D eigenvalue weighted by Gasteiger charge is -2.40. The van der Waals surface area contributed by atoms with Crippen LogP contribution in [0.5, 0.6) is 0 Å². The molecule has 0 N–H and O–H groups in total. The summed E-state index contributed by atoms with van der Waals surface area (Å²) in [5, 5.41) is 0. The van der Waals surface area contributed by atoms with Gasteiger partial charge in [0.1, 0.15) is 5.60 Å². The van der Waals surface area contributed by atoms with Crippen LogP contribution in [-0.4, -0.2) is 11.6 Å². The predicted octanol–water partition coefficient (Wildman–Crippen LogP) is 2.37. The maximum atomic E-state index is 11.1. The standard InChI is InChI=1S/C12H18O2/c1-7(13)14-12(2)10-4-8-3-9(6-10)11(12)5-8/h8-11H,3-6H2,1-2H3. The van der Waals surface area contributed by atoms with E-state index in [2.05, 4.69) is 6.92 Å². The molecule has 2 heteroatoms. The molecule has 4 saturated carbocycles. The molecule has 4 aliphatic carbocycles. The van der Waals surface area contributed by atoms with E-state index in [4.69, 9.17) is 4.74 Å². The fourth-order valence-corrected chi connectivity index (χ4v) is 4.50. The van der Waals surface area contributed by atoms with Crippen molar-refractivity contribution < 1.29 is 9.53 Å². The van der Waals surface area contributed by atoms with Crippen molar-refractivity contribution in [2.24, 2.45) is 23.7 Å². The van der Waals surface area contributed by atoms with E-state index in [1.807, 2.05) is 0 Å². The summed E-state index contributed by atoms with van der Waals surface area (Å²) in [7, 11) is 0. The number of esters is 1. The van der Waals surface area contributed by atoms with Crippen molar-refractivity contribution in [3.63, 3.8) is 0 Å². The Morgan fingerprint density at radius 1 is 1.29 bits per heavy atom. The minimum Gasteiger partial charge on any atom is -0.459 e. The first-order valence-electron chi connectivity index (χ1n) is 5.79. The van der Waals surface area contributed by atoms with Gasteiger partial charge in [-0.1, -0.05) is 0 Å². The molecule has 4 bridgehead atoms. The average Bonchev–Trinajstić information content (AvgIpc) is 2.46. The zero-order chi connectivity index (χ0) is 9.92. The molecule has 78 valence electrons. The second-order valence-corrected chi connectivity index (χ2v) is 5.65. The lowest BCUT2D eigenvalue weighted by atomic mass is 9.73. The third-order valence-electron chi connectivity index (χ3n) is 4.91. The quantitative estimate of drug-likeness (QED) is 0.599. The van der Waals surface area contributed by atoms with Crippen LogP contribution in [0.25, 0.3) is 0 Å². The van der Waals surface area contributed by atoms with Crippen LogP contribution in [0.3, 0.4) is 0 Å². The van der Waals surface area contributed by atoms with Crippen molar-refractivity contribution in [3.05, 3.63) is 0 Å². The van der Waals surface area contributed by atoms with E-state index < -0.39 is 0 Å². The van der Waals surface area contributed by atoms with Gasteiger partial charge in [-0.05, 0) is 50.4 Å². The van der Waals surface area contributed by atoms with Gasteiger partial charge in [-0.3, -0.25) is 4.79 Å². The Morgan fingerprint density at radius 3 is 2.71 bits per heavy atom. The van der Waals surface area contributed by atoms with E-state index in [0.29, 0.717) is 11.8 Å². The normalized spacial score (nSPS) is 53.9. The minimum absolute atomic E-state index is 0.0940. The van der Waals surface area contributed by atoms with E-state index >= 15 is 0 Å². The Balaban J connectivity index is 1.90. The fraction of sp³-hybridized carbons (Fsp3) is 0.917. The molecule has 2 nitrogen and oxygen atoms in total. The van der Waals surface area contributed by atoms with E-state index in [1.54, 1.807) is 6.92 Å². The highest BCUT2D eigenvalue weighted by atomic mass is 16.6. The third kappa shape index (κ3) is 0.945. The Morgan fingerprint density at radius 2 is 2.07 bits per heavy atom. The summed E-state index contributed by atoms with van der Waals surface area (Å²) >= 11 is 0. The maximum absolute atomic E-state index is 11.1. The van der Waals surface area contributed by atoms with Crippen molar-refractivity contribution in [2.45, 2.75) is 45.1 Å². The summed E-state index contributed by atoms with van der Waals surface area (Å²) in [5.41, 5.74) is -0.108. The van der Waals surface area contributed by atoms with Gasteiger partial charge in [-0.25, -0.2) is 0 Å². The number of hydrogen-bond donors (Lipinski definition) is 0. The van der Waals surface area contributed by atoms with Crippen LogP contribution >= 0.6 is 0 Å². The summed E-state index contributed by atoms with van der Waals surface area (Å²) in [6.07, 6.45) is 5.32. The van der Waals surface area contributed by atoms with Crippen LogP contribution in [0.15, 0.2) is 0 Å². The molecule has 0 aliphatic heterocycles. The lowest BCUT2D eigenvalue weighted by Crippen LogP contribution is -2.44. The van der Waals surface area contributed by atoms with Gasteiger partial charge in [-0.15, -0.1) is 0 Å². The molecule has 4 rings (SSSR count). The van der Waals surface area contributed by atoms with Gasteiger partial charge in [0, 0.05) is 12.8 Å². The molecule has 0 aromatic heterocycles. The number of ether oxygens (including phenoxy) is 1. The van der Waals surface area contributed by atoms with Crippen LogP contribution in [0.1, 0.15) is 39.5 Å². The highest BCUT2D eigenvalue weighted by Crippen LogP contribution is 2.63. The van der Waals surface area contributed by atoms with E-state index in [1.165, 1.54) is 25.7 Å². The van der Waals surface area contributed by atoms with Crippen LogP contribution in [0, 0.1) is 23.7 Å². The molecule has 0 radical (unpaired) electrons. The van der Waals surface area contributed by atoms with Crippen molar-refractivity contribution in [3.8, 4) is 0 Å². The highest BCUT2D eigenvalue weighted by Gasteiger charge is 2.62. The van der Waals surface area contributed by atoms with Gasteiger partial charge < -0.3 is 4.74 Å². The summed E-state index contributed by atoms with van der Waals surface area (Å²) in [4.78, 5) is 11.1. The number of hydrogen-bond acceptors (Lipinski definition) is 2. The Bertz CT molecular complexity index is 282. The summed E-state index contributed by atoms with van der Waals surface area (Å²) in [6.45, 7) is 3.72. The molecule has 4 fully saturated rings. The smallest absolute Gasteiger partial charge is 0.303 e. The van der Waals surface area contributed by atoms with Gasteiger partial charge in [0.2, 0.25) is 0 Å². The third-order valence-corrected chi connectivity index (χ3v) is 4.91. The molecule has 0 aromatic rings. The fourth-order valence-electron chi connectivity index (χ4n) is 4.50. The summed E-state index contributed by atoms with van der Waals surface area (Å²) < 4.78 is 5.62. The van der Waals surface area contributed by atoms with Gasteiger partial charge >= 0.3 is 5.97 Å². The second kappa shape index (κ2) is 2.53. The minimum atomic E-state index is -0.108. The van der Waals surface area contributed by atoms with Crippen molar-refractivity contribution >= 4 is 5.97 Å². The van der Waals surface area contributed by atoms with E-state index in [9.17, 15) is 4.79 Å². The first-order chi connectivity index (χ1) is 6.59. The second-order valence-electron chi connectivity index (χ2n) is 5.65. The molecular weight excluding hydrogens is 176 g/mol. The zero-order valence-electron chi connectivity index (χ0n) is 8.95. The SMILES string of the molecule is CC(=O)OC1(C)C2CC3CC(C2)C1C3. The van der Waals surface area contributed by atoms with Gasteiger partial charge in [0.25, 0.3) is 0 Å². The molecule has 0 heterocycles. The maximum Gasteiger partial charge on any atom is 0.303 e. The lowest BCUT2D eigenvalue weighted by molar-refractivity contribution is -0.168. The monoisotopic (exact) mass is 194 g/mol. The number of carbonyl (C=O) groups excluding carboxylic acids is 1. The van der Waals surface area contributed by atoms with Crippen LogP contribution < -0.4 is 0 Å². The molecule has 0 saturated heterocycles. The first kappa shape index (κ1) is 8.75. The predicted molar refractivity (Wildman–Crippen MR) is 52.6 cm³/mol. The number of rotatable bonds is 1. The molecular formula is C12H18O2. The van der Waals surface area contributed by atoms with Gasteiger partial charge in [0.15, 0.2) is 0 Å². The van der Waals surface area contributed by atoms with Crippen LogP contribution in [-0.2, 0) is 9.53 Å².